The van der Waals surface area contributed by atoms with Crippen LogP contribution in [0.5, 0.6) is 5.75 Å². The highest BCUT2D eigenvalue weighted by atomic mass is 16.5. The zero-order chi connectivity index (χ0) is 20.9. The van der Waals surface area contributed by atoms with Crippen LogP contribution >= 0.6 is 0 Å². The molecule has 1 atom stereocenters. The van der Waals surface area contributed by atoms with Crippen LogP contribution in [0.3, 0.4) is 0 Å². The van der Waals surface area contributed by atoms with E-state index in [1.54, 1.807) is 12.1 Å². The summed E-state index contributed by atoms with van der Waals surface area (Å²) in [6, 6.07) is 16.8. The number of nitrogens with zero attached hydrogens (tertiary/aromatic N) is 1. The summed E-state index contributed by atoms with van der Waals surface area (Å²) in [4.78, 5) is 15.0. The number of nitrogens with one attached hydrogen (secondary N) is 2. The Balaban J connectivity index is 1.28. The number of hydrogen-bond acceptors (Lipinski definition) is 4. The molecule has 5 nitrogen and oxygen atoms in total. The number of hydrogen-bond donors (Lipinski definition) is 2. The number of carbonyl (C=O) groups excluding carboxylic acids is 1. The molecule has 30 heavy (non-hydrogen) atoms. The average molecular weight is 408 g/mol. The van der Waals surface area contributed by atoms with Gasteiger partial charge in [0.05, 0.1) is 6.61 Å². The van der Waals surface area contributed by atoms with Crippen LogP contribution in [0, 0.1) is 5.92 Å². The van der Waals surface area contributed by atoms with Gasteiger partial charge in [0.25, 0.3) is 5.91 Å². The van der Waals surface area contributed by atoms with Crippen molar-refractivity contribution in [2.24, 2.45) is 5.92 Å². The number of ether oxygens (including phenoxy) is 1. The van der Waals surface area contributed by atoms with Gasteiger partial charge >= 0.3 is 0 Å². The van der Waals surface area contributed by atoms with E-state index in [-0.39, 0.29) is 5.91 Å². The molecule has 1 saturated carbocycles. The molecule has 0 spiro atoms. The minimum Gasteiger partial charge on any atom is -0.493 e. The Bertz CT molecular complexity index is 828. The summed E-state index contributed by atoms with van der Waals surface area (Å²) in [6.07, 6.45) is 5.24. The summed E-state index contributed by atoms with van der Waals surface area (Å²) in [6.45, 7) is 7.05. The van der Waals surface area contributed by atoms with Gasteiger partial charge in [-0.2, -0.15) is 0 Å². The molecule has 1 saturated heterocycles. The molecule has 0 bridgehead atoms. The van der Waals surface area contributed by atoms with Gasteiger partial charge in [-0.15, -0.1) is 0 Å². The Kier molecular flexibility index (Phi) is 6.58. The Morgan fingerprint density at radius 3 is 2.40 bits per heavy atom. The van der Waals surface area contributed by atoms with Crippen LogP contribution in [0.15, 0.2) is 48.5 Å². The zero-order valence-corrected chi connectivity index (χ0v) is 18.1. The highest BCUT2D eigenvalue weighted by Crippen LogP contribution is 2.25. The van der Waals surface area contributed by atoms with Crippen molar-refractivity contribution in [1.82, 2.24) is 5.32 Å². The van der Waals surface area contributed by atoms with Gasteiger partial charge < -0.3 is 20.3 Å². The number of carbonyl (C=O) groups is 1. The van der Waals surface area contributed by atoms with Gasteiger partial charge in [-0.3, -0.25) is 4.79 Å². The first-order valence-electron chi connectivity index (χ1n) is 11.2. The molecule has 4 rings (SSSR count). The fraction of sp³-hybridized carbons (Fsp3) is 0.480. The average Bonchev–Trinajstić information content (AvgIpc) is 3.19. The molecule has 1 heterocycles. The van der Waals surface area contributed by atoms with Gasteiger partial charge in [-0.05, 0) is 73.7 Å². The van der Waals surface area contributed by atoms with Gasteiger partial charge in [-0.1, -0.05) is 20.3 Å². The number of anilines is 2. The normalized spacial score (nSPS) is 19.0. The lowest BCUT2D eigenvalue weighted by atomic mass is 9.92. The minimum atomic E-state index is -0.107. The Morgan fingerprint density at radius 1 is 1.03 bits per heavy atom. The first-order valence-corrected chi connectivity index (χ1v) is 11.2. The van der Waals surface area contributed by atoms with Crippen molar-refractivity contribution in [3.63, 3.8) is 0 Å². The molecule has 2 aromatic carbocycles. The zero-order valence-electron chi connectivity index (χ0n) is 18.1. The van der Waals surface area contributed by atoms with Crippen molar-refractivity contribution < 1.29 is 9.53 Å². The molecule has 0 radical (unpaired) electrons. The molecule has 160 valence electrons. The highest BCUT2D eigenvalue weighted by Gasteiger charge is 2.27. The summed E-state index contributed by atoms with van der Waals surface area (Å²) in [5.74, 6) is 1.16. The van der Waals surface area contributed by atoms with E-state index < -0.39 is 0 Å². The molecule has 5 heteroatoms. The largest absolute Gasteiger partial charge is 0.493 e. The van der Waals surface area contributed by atoms with Crippen LogP contribution in [0.2, 0.25) is 0 Å². The third kappa shape index (κ3) is 5.33. The molecule has 2 N–H and O–H groups in total. The smallest absolute Gasteiger partial charge is 0.255 e. The molecule has 1 unspecified atom stereocenters. The van der Waals surface area contributed by atoms with Crippen LogP contribution in [0.1, 0.15) is 49.9 Å². The summed E-state index contributed by atoms with van der Waals surface area (Å²) < 4.78 is 5.68. The van der Waals surface area contributed by atoms with E-state index in [0.29, 0.717) is 24.1 Å². The predicted octanol–water partition coefficient (Wildman–Crippen LogP) is 4.69. The maximum absolute atomic E-state index is 12.5. The lowest BCUT2D eigenvalue weighted by Crippen LogP contribution is -2.43. The third-order valence-electron chi connectivity index (χ3n) is 5.95. The van der Waals surface area contributed by atoms with Crippen molar-refractivity contribution in [3.05, 3.63) is 54.1 Å². The maximum Gasteiger partial charge on any atom is 0.255 e. The molecule has 2 aromatic rings. The number of rotatable bonds is 8. The van der Waals surface area contributed by atoms with E-state index in [2.05, 4.69) is 41.5 Å². The quantitative estimate of drug-likeness (QED) is 0.666. The molecule has 2 fully saturated rings. The topological polar surface area (TPSA) is 53.6 Å². The van der Waals surface area contributed by atoms with Crippen molar-refractivity contribution in [3.8, 4) is 5.75 Å². The van der Waals surface area contributed by atoms with E-state index in [1.807, 2.05) is 24.3 Å². The van der Waals surface area contributed by atoms with Crippen molar-refractivity contribution in [1.29, 1.82) is 0 Å². The van der Waals surface area contributed by atoms with Crippen molar-refractivity contribution >= 4 is 17.3 Å². The molecule has 1 aliphatic carbocycles. The van der Waals surface area contributed by atoms with E-state index in [9.17, 15) is 4.79 Å². The van der Waals surface area contributed by atoms with Crippen LogP contribution < -0.4 is 20.3 Å². The van der Waals surface area contributed by atoms with E-state index >= 15 is 0 Å². The molecule has 2 aliphatic rings. The summed E-state index contributed by atoms with van der Waals surface area (Å²) in [5.41, 5.74) is 2.66. The van der Waals surface area contributed by atoms with E-state index in [1.165, 1.54) is 31.4 Å². The lowest BCUT2D eigenvalue weighted by molar-refractivity contribution is 0.102. The molecule has 1 aliphatic heterocycles. The fourth-order valence-electron chi connectivity index (χ4n) is 3.96. The number of benzene rings is 2. The first kappa shape index (κ1) is 20.7. The van der Waals surface area contributed by atoms with Crippen LogP contribution in [0.25, 0.3) is 0 Å². The molecule has 1 amide bonds. The molecular formula is C25H33N3O2. The summed E-state index contributed by atoms with van der Waals surface area (Å²) in [5, 5.41) is 6.77. The van der Waals surface area contributed by atoms with Crippen LogP contribution in [-0.4, -0.2) is 37.7 Å². The maximum atomic E-state index is 12.5. The predicted molar refractivity (Wildman–Crippen MR) is 123 cm³/mol. The van der Waals surface area contributed by atoms with Gasteiger partial charge in [0, 0.05) is 42.1 Å². The Labute approximate surface area is 179 Å². The van der Waals surface area contributed by atoms with Gasteiger partial charge in [0.15, 0.2) is 0 Å². The van der Waals surface area contributed by atoms with Gasteiger partial charge in [-0.25, -0.2) is 0 Å². The molecule has 0 aromatic heterocycles. The second-order valence-corrected chi connectivity index (χ2v) is 8.96. The minimum absolute atomic E-state index is 0.107. The SMILES string of the molecule is CC(C)COc1ccc(C(=O)Nc2ccc(N3CCC(NC4CCC4)C3)cc2)cc1. The summed E-state index contributed by atoms with van der Waals surface area (Å²) >= 11 is 0. The van der Waals surface area contributed by atoms with Gasteiger partial charge in [0.2, 0.25) is 0 Å². The van der Waals surface area contributed by atoms with Crippen LogP contribution in [-0.2, 0) is 0 Å². The summed E-state index contributed by atoms with van der Waals surface area (Å²) in [7, 11) is 0. The van der Waals surface area contributed by atoms with E-state index in [0.717, 1.165) is 30.6 Å². The second kappa shape index (κ2) is 9.52. The highest BCUT2D eigenvalue weighted by molar-refractivity contribution is 6.04. The Morgan fingerprint density at radius 2 is 1.77 bits per heavy atom. The monoisotopic (exact) mass is 407 g/mol. The van der Waals surface area contributed by atoms with Crippen molar-refractivity contribution in [2.45, 2.75) is 51.6 Å². The third-order valence-corrected chi connectivity index (χ3v) is 5.95. The van der Waals surface area contributed by atoms with Crippen molar-refractivity contribution in [2.75, 3.05) is 29.9 Å². The number of amides is 1. The first-order chi connectivity index (χ1) is 14.6. The molecular weight excluding hydrogens is 374 g/mol. The van der Waals surface area contributed by atoms with Gasteiger partial charge in [0.1, 0.15) is 5.75 Å². The second-order valence-electron chi connectivity index (χ2n) is 8.96. The Hall–Kier alpha value is -2.53. The lowest BCUT2D eigenvalue weighted by Gasteiger charge is -2.30. The fourth-order valence-corrected chi connectivity index (χ4v) is 3.96. The van der Waals surface area contributed by atoms with Crippen LogP contribution in [0.4, 0.5) is 11.4 Å². The standard InChI is InChI=1S/C25H33N3O2/c1-18(2)17-30-24-12-6-19(7-13-24)25(29)27-21-8-10-23(11-9-21)28-15-14-22(16-28)26-20-4-3-5-20/h6-13,18,20,22,26H,3-5,14-17H2,1-2H3,(H,27,29). The van der Waals surface area contributed by atoms with E-state index in [4.69, 9.17) is 4.74 Å².